The number of rotatable bonds is 4. The number of halogens is 1. The molecular formula is C10H15ClN2O2S. The highest BCUT2D eigenvalue weighted by Crippen LogP contribution is 2.35. The van der Waals surface area contributed by atoms with Crippen molar-refractivity contribution in [2.24, 2.45) is 5.41 Å². The summed E-state index contributed by atoms with van der Waals surface area (Å²) in [5.41, 5.74) is -1.54. The molecule has 0 spiro atoms. The molecule has 1 aromatic rings. The van der Waals surface area contributed by atoms with E-state index < -0.39 is 16.9 Å². The number of nitrogens with zero attached hydrogens (tertiary/aromatic N) is 1. The number of carbonyl (C=O) groups is 1. The average molecular weight is 263 g/mol. The summed E-state index contributed by atoms with van der Waals surface area (Å²) in [6.07, 6.45) is 0. The molecule has 0 atom stereocenters. The molecule has 0 fully saturated rings. The van der Waals surface area contributed by atoms with Gasteiger partial charge in [0.1, 0.15) is 5.15 Å². The molecule has 0 aromatic carbocycles. The Morgan fingerprint density at radius 1 is 1.50 bits per heavy atom. The fourth-order valence-corrected chi connectivity index (χ4v) is 2.00. The Balaban J connectivity index is 2.90. The first kappa shape index (κ1) is 13.3. The largest absolute Gasteiger partial charge is 0.481 e. The summed E-state index contributed by atoms with van der Waals surface area (Å²) in [5.74, 6) is -0.854. The summed E-state index contributed by atoms with van der Waals surface area (Å²) in [6, 6.07) is 0. The maximum atomic E-state index is 11.2. The number of thiazole rings is 1. The highest BCUT2D eigenvalue weighted by atomic mass is 35.5. The molecule has 1 rings (SSSR count). The Labute approximate surface area is 104 Å². The molecule has 0 aliphatic carbocycles. The first-order chi connectivity index (χ1) is 7.17. The number of carboxylic acids is 1. The Morgan fingerprint density at radius 3 is 2.44 bits per heavy atom. The third kappa shape index (κ3) is 2.47. The second kappa shape index (κ2) is 4.22. The summed E-state index contributed by atoms with van der Waals surface area (Å²) < 4.78 is 0. The molecule has 1 heterocycles. The van der Waals surface area contributed by atoms with E-state index in [2.05, 4.69) is 10.3 Å². The van der Waals surface area contributed by atoms with Gasteiger partial charge in [0.2, 0.25) is 0 Å². The second-order valence-corrected chi connectivity index (χ2v) is 5.90. The number of carboxylic acid groups (broad SMARTS) is 1. The van der Waals surface area contributed by atoms with Crippen LogP contribution in [0.4, 0.5) is 5.13 Å². The molecule has 0 unspecified atom stereocenters. The van der Waals surface area contributed by atoms with Crippen molar-refractivity contribution in [3.8, 4) is 0 Å². The van der Waals surface area contributed by atoms with Gasteiger partial charge in [-0.05, 0) is 27.7 Å². The summed E-state index contributed by atoms with van der Waals surface area (Å²) in [4.78, 5) is 15.2. The summed E-state index contributed by atoms with van der Waals surface area (Å²) >= 11 is 7.07. The van der Waals surface area contributed by atoms with Crippen molar-refractivity contribution < 1.29 is 9.90 Å². The van der Waals surface area contributed by atoms with E-state index >= 15 is 0 Å². The lowest BCUT2D eigenvalue weighted by atomic mass is 9.74. The maximum Gasteiger partial charge on any atom is 0.311 e. The Morgan fingerprint density at radius 2 is 2.06 bits per heavy atom. The molecule has 0 aliphatic rings. The molecule has 4 nitrogen and oxygen atoms in total. The van der Waals surface area contributed by atoms with E-state index in [0.29, 0.717) is 10.3 Å². The van der Waals surface area contributed by atoms with Gasteiger partial charge in [0.25, 0.3) is 0 Å². The minimum absolute atomic E-state index is 0.413. The van der Waals surface area contributed by atoms with Crippen LogP contribution in [-0.2, 0) is 4.79 Å². The van der Waals surface area contributed by atoms with Crippen molar-refractivity contribution in [1.29, 1.82) is 0 Å². The summed E-state index contributed by atoms with van der Waals surface area (Å²) in [6.45, 7) is 7.02. The van der Waals surface area contributed by atoms with Crippen LogP contribution in [-0.4, -0.2) is 21.6 Å². The van der Waals surface area contributed by atoms with Crippen molar-refractivity contribution in [1.82, 2.24) is 4.98 Å². The monoisotopic (exact) mass is 262 g/mol. The van der Waals surface area contributed by atoms with Gasteiger partial charge in [-0.2, -0.15) is 0 Å². The number of anilines is 1. The zero-order chi connectivity index (χ0) is 12.6. The van der Waals surface area contributed by atoms with Gasteiger partial charge in [-0.3, -0.25) is 4.79 Å². The molecule has 6 heteroatoms. The van der Waals surface area contributed by atoms with E-state index in [0.717, 1.165) is 0 Å². The molecule has 2 N–H and O–H groups in total. The predicted octanol–water partition coefficient (Wildman–Crippen LogP) is 3.10. The van der Waals surface area contributed by atoms with Crippen LogP contribution in [0.3, 0.4) is 0 Å². The highest BCUT2D eigenvalue weighted by molar-refractivity contribution is 7.14. The maximum absolute atomic E-state index is 11.2. The number of nitrogens with one attached hydrogen (secondary N) is 1. The van der Waals surface area contributed by atoms with Crippen molar-refractivity contribution >= 4 is 34.0 Å². The van der Waals surface area contributed by atoms with Crippen molar-refractivity contribution in [3.63, 3.8) is 0 Å². The SMILES string of the molecule is CC(C)(Nc1nc(Cl)cs1)C(C)(C)C(=O)O. The Bertz CT molecular complexity index is 401. The molecule has 90 valence electrons. The smallest absolute Gasteiger partial charge is 0.311 e. The van der Waals surface area contributed by atoms with Crippen LogP contribution < -0.4 is 5.32 Å². The van der Waals surface area contributed by atoms with E-state index in [1.54, 1.807) is 19.2 Å². The van der Waals surface area contributed by atoms with Crippen LogP contribution >= 0.6 is 22.9 Å². The molecule has 0 radical (unpaired) electrons. The fourth-order valence-electron chi connectivity index (χ4n) is 1.00. The summed E-state index contributed by atoms with van der Waals surface area (Å²) in [7, 11) is 0. The third-order valence-corrected chi connectivity index (χ3v) is 4.07. The van der Waals surface area contributed by atoms with Crippen LogP contribution in [0.2, 0.25) is 5.15 Å². The van der Waals surface area contributed by atoms with Crippen LogP contribution in [0, 0.1) is 5.41 Å². The second-order valence-electron chi connectivity index (χ2n) is 4.66. The number of hydrogen-bond acceptors (Lipinski definition) is 4. The van der Waals surface area contributed by atoms with E-state index in [4.69, 9.17) is 11.6 Å². The van der Waals surface area contributed by atoms with Gasteiger partial charge in [-0.15, -0.1) is 11.3 Å². The van der Waals surface area contributed by atoms with Gasteiger partial charge >= 0.3 is 5.97 Å². The van der Waals surface area contributed by atoms with Gasteiger partial charge in [-0.25, -0.2) is 4.98 Å². The van der Waals surface area contributed by atoms with Crippen molar-refractivity contribution in [3.05, 3.63) is 10.5 Å². The number of aliphatic carboxylic acids is 1. The lowest BCUT2D eigenvalue weighted by Gasteiger charge is -2.38. The topological polar surface area (TPSA) is 62.2 Å². The van der Waals surface area contributed by atoms with Crippen LogP contribution in [0.1, 0.15) is 27.7 Å². The molecular weight excluding hydrogens is 248 g/mol. The minimum Gasteiger partial charge on any atom is -0.481 e. The van der Waals surface area contributed by atoms with Gasteiger partial charge in [0.15, 0.2) is 5.13 Å². The molecule has 16 heavy (non-hydrogen) atoms. The van der Waals surface area contributed by atoms with Crippen molar-refractivity contribution in [2.45, 2.75) is 33.2 Å². The summed E-state index contributed by atoms with van der Waals surface area (Å²) in [5, 5.41) is 15.0. The molecule has 0 amide bonds. The first-order valence-corrected chi connectivity index (χ1v) is 6.05. The Hall–Kier alpha value is -0.810. The zero-order valence-corrected chi connectivity index (χ0v) is 11.2. The number of hydrogen-bond donors (Lipinski definition) is 2. The first-order valence-electron chi connectivity index (χ1n) is 4.79. The van der Waals surface area contributed by atoms with Gasteiger partial charge in [0.05, 0.1) is 5.41 Å². The normalized spacial score (nSPS) is 12.6. The van der Waals surface area contributed by atoms with Gasteiger partial charge in [-0.1, -0.05) is 11.6 Å². The average Bonchev–Trinajstić information content (AvgIpc) is 2.49. The quantitative estimate of drug-likeness (QED) is 0.875. The lowest BCUT2D eigenvalue weighted by molar-refractivity contribution is -0.149. The van der Waals surface area contributed by atoms with E-state index in [1.807, 2.05) is 13.8 Å². The van der Waals surface area contributed by atoms with E-state index in [1.165, 1.54) is 11.3 Å². The van der Waals surface area contributed by atoms with Gasteiger partial charge in [0, 0.05) is 10.9 Å². The van der Waals surface area contributed by atoms with Crippen LogP contribution in [0.5, 0.6) is 0 Å². The zero-order valence-electron chi connectivity index (χ0n) is 9.67. The standard InChI is InChI=1S/C10H15ClN2O2S/c1-9(2,7(14)15)10(3,4)13-8-12-6(11)5-16-8/h5H,1-4H3,(H,12,13)(H,14,15). The number of aromatic nitrogens is 1. The fraction of sp³-hybridized carbons (Fsp3) is 0.600. The molecule has 1 aromatic heterocycles. The van der Waals surface area contributed by atoms with Crippen LogP contribution in [0.15, 0.2) is 5.38 Å². The van der Waals surface area contributed by atoms with Crippen molar-refractivity contribution in [2.75, 3.05) is 5.32 Å². The minimum atomic E-state index is -0.912. The molecule has 0 bridgehead atoms. The van der Waals surface area contributed by atoms with E-state index in [9.17, 15) is 9.90 Å². The Kier molecular flexibility index (Phi) is 3.50. The molecule has 0 saturated heterocycles. The molecule has 0 aliphatic heterocycles. The van der Waals surface area contributed by atoms with E-state index in [-0.39, 0.29) is 0 Å². The highest BCUT2D eigenvalue weighted by Gasteiger charge is 2.43. The van der Waals surface area contributed by atoms with Gasteiger partial charge < -0.3 is 10.4 Å². The van der Waals surface area contributed by atoms with Crippen LogP contribution in [0.25, 0.3) is 0 Å². The lowest BCUT2D eigenvalue weighted by Crippen LogP contribution is -2.50. The predicted molar refractivity (Wildman–Crippen MR) is 66.2 cm³/mol. The molecule has 0 saturated carbocycles. The third-order valence-electron chi connectivity index (χ3n) is 2.99.